The SMILES string of the molecule is C=C/C(=C\C=C/C)N(C)C(=C)c1ccc(C)c(CC)c1. The third-order valence-corrected chi connectivity index (χ3v) is 3.52. The van der Waals surface area contributed by atoms with Crippen LogP contribution in [0.4, 0.5) is 0 Å². The van der Waals surface area contributed by atoms with Crippen molar-refractivity contribution < 1.29 is 0 Å². The van der Waals surface area contributed by atoms with Crippen LogP contribution in [0, 0.1) is 6.92 Å². The van der Waals surface area contributed by atoms with Gasteiger partial charge < -0.3 is 4.90 Å². The zero-order valence-corrected chi connectivity index (χ0v) is 13.1. The average Bonchev–Trinajstić information content (AvgIpc) is 2.47. The van der Waals surface area contributed by atoms with E-state index in [1.54, 1.807) is 0 Å². The molecule has 0 heterocycles. The Balaban J connectivity index is 3.07. The van der Waals surface area contributed by atoms with Crippen molar-refractivity contribution in [2.75, 3.05) is 7.05 Å². The molecule has 0 aromatic heterocycles. The van der Waals surface area contributed by atoms with Crippen LogP contribution in [-0.2, 0) is 6.42 Å². The molecule has 1 heteroatoms. The van der Waals surface area contributed by atoms with Crippen LogP contribution in [0.15, 0.2) is 61.4 Å². The quantitative estimate of drug-likeness (QED) is 0.648. The standard InChI is InChI=1S/C19H25N/c1-7-10-11-19(9-3)20(6)16(5)18-13-12-15(4)17(8-2)14-18/h7,9-14H,3,5,8H2,1-2,4,6H3/b10-7-,19-11+. The molecular formula is C19H25N. The van der Waals surface area contributed by atoms with Crippen LogP contribution in [0.5, 0.6) is 0 Å². The van der Waals surface area contributed by atoms with Gasteiger partial charge in [-0.2, -0.15) is 0 Å². The third-order valence-electron chi connectivity index (χ3n) is 3.52. The van der Waals surface area contributed by atoms with E-state index in [4.69, 9.17) is 0 Å². The molecule has 0 aliphatic heterocycles. The van der Waals surface area contributed by atoms with Crippen molar-refractivity contribution in [3.05, 3.63) is 78.0 Å². The molecule has 0 aliphatic carbocycles. The first-order valence-corrected chi connectivity index (χ1v) is 7.03. The second-order valence-electron chi connectivity index (χ2n) is 4.82. The van der Waals surface area contributed by atoms with Crippen LogP contribution in [-0.4, -0.2) is 11.9 Å². The Morgan fingerprint density at radius 3 is 2.60 bits per heavy atom. The van der Waals surface area contributed by atoms with Crippen molar-refractivity contribution in [1.82, 2.24) is 4.90 Å². The zero-order chi connectivity index (χ0) is 15.1. The molecule has 1 aromatic carbocycles. The summed E-state index contributed by atoms with van der Waals surface area (Å²) in [7, 11) is 2.02. The fourth-order valence-corrected chi connectivity index (χ4v) is 2.09. The Morgan fingerprint density at radius 2 is 2.05 bits per heavy atom. The van der Waals surface area contributed by atoms with Gasteiger partial charge in [0.25, 0.3) is 0 Å². The predicted octanol–water partition coefficient (Wildman–Crippen LogP) is 5.11. The summed E-state index contributed by atoms with van der Waals surface area (Å²) in [6.07, 6.45) is 8.93. The molecule has 0 unspecified atom stereocenters. The van der Waals surface area contributed by atoms with Crippen molar-refractivity contribution in [1.29, 1.82) is 0 Å². The second-order valence-corrected chi connectivity index (χ2v) is 4.82. The van der Waals surface area contributed by atoms with Gasteiger partial charge in [0.1, 0.15) is 0 Å². The van der Waals surface area contributed by atoms with Crippen molar-refractivity contribution in [3.8, 4) is 0 Å². The van der Waals surface area contributed by atoms with Crippen LogP contribution in [0.25, 0.3) is 5.70 Å². The lowest BCUT2D eigenvalue weighted by Gasteiger charge is -2.23. The molecule has 106 valence electrons. The fraction of sp³-hybridized carbons (Fsp3) is 0.263. The van der Waals surface area contributed by atoms with Crippen molar-refractivity contribution >= 4 is 5.70 Å². The summed E-state index contributed by atoms with van der Waals surface area (Å²) in [6, 6.07) is 6.52. The molecule has 1 aromatic rings. The van der Waals surface area contributed by atoms with Gasteiger partial charge >= 0.3 is 0 Å². The van der Waals surface area contributed by atoms with Crippen LogP contribution < -0.4 is 0 Å². The average molecular weight is 267 g/mol. The Labute approximate surface area is 123 Å². The molecule has 0 aliphatic rings. The fourth-order valence-electron chi connectivity index (χ4n) is 2.09. The molecule has 1 nitrogen and oxygen atoms in total. The van der Waals surface area contributed by atoms with Crippen molar-refractivity contribution in [3.63, 3.8) is 0 Å². The smallest absolute Gasteiger partial charge is 0.0408 e. The minimum Gasteiger partial charge on any atom is -0.345 e. The van der Waals surface area contributed by atoms with Gasteiger partial charge in [0.15, 0.2) is 0 Å². The van der Waals surface area contributed by atoms with Gasteiger partial charge in [0.05, 0.1) is 0 Å². The molecule has 0 spiro atoms. The maximum atomic E-state index is 4.22. The molecule has 0 saturated heterocycles. The summed E-state index contributed by atoms with van der Waals surface area (Å²) < 4.78 is 0. The van der Waals surface area contributed by atoms with E-state index >= 15 is 0 Å². The molecule has 0 amide bonds. The maximum Gasteiger partial charge on any atom is 0.0408 e. The van der Waals surface area contributed by atoms with E-state index in [1.165, 1.54) is 11.1 Å². The lowest BCUT2D eigenvalue weighted by atomic mass is 10.0. The molecule has 1 rings (SSSR count). The first kappa shape index (κ1) is 16.0. The highest BCUT2D eigenvalue weighted by molar-refractivity contribution is 5.65. The minimum absolute atomic E-state index is 0.982. The predicted molar refractivity (Wildman–Crippen MR) is 90.4 cm³/mol. The number of likely N-dealkylation sites (N-methyl/N-ethyl adjacent to an activating group) is 1. The number of aryl methyl sites for hydroxylation is 2. The van der Waals surface area contributed by atoms with Crippen molar-refractivity contribution in [2.24, 2.45) is 0 Å². The van der Waals surface area contributed by atoms with E-state index < -0.39 is 0 Å². The molecule has 0 fully saturated rings. The number of benzene rings is 1. The highest BCUT2D eigenvalue weighted by Gasteiger charge is 2.08. The molecular weight excluding hydrogens is 242 g/mol. The number of nitrogens with zero attached hydrogens (tertiary/aromatic N) is 1. The highest BCUT2D eigenvalue weighted by atomic mass is 15.1. The van der Waals surface area contributed by atoms with E-state index in [-0.39, 0.29) is 0 Å². The Bertz CT molecular complexity index is 547. The van der Waals surface area contributed by atoms with Gasteiger partial charge in [-0.05, 0) is 55.2 Å². The van der Waals surface area contributed by atoms with Gasteiger partial charge in [-0.3, -0.25) is 0 Å². The van der Waals surface area contributed by atoms with Gasteiger partial charge in [-0.15, -0.1) is 0 Å². The van der Waals surface area contributed by atoms with Crippen molar-refractivity contribution in [2.45, 2.75) is 27.2 Å². The Morgan fingerprint density at radius 1 is 1.35 bits per heavy atom. The highest BCUT2D eigenvalue weighted by Crippen LogP contribution is 2.23. The summed E-state index contributed by atoms with van der Waals surface area (Å²) >= 11 is 0. The van der Waals surface area contributed by atoms with Crippen LogP contribution >= 0.6 is 0 Å². The number of rotatable bonds is 6. The largest absolute Gasteiger partial charge is 0.345 e. The molecule has 0 atom stereocenters. The normalized spacial score (nSPS) is 11.7. The number of hydrogen-bond donors (Lipinski definition) is 0. The summed E-state index contributed by atoms with van der Waals surface area (Å²) in [5, 5.41) is 0. The first-order valence-electron chi connectivity index (χ1n) is 7.03. The molecule has 0 bridgehead atoms. The van der Waals surface area contributed by atoms with E-state index in [2.05, 4.69) is 50.1 Å². The third kappa shape index (κ3) is 3.74. The summed E-state index contributed by atoms with van der Waals surface area (Å²) in [6.45, 7) is 14.4. The lowest BCUT2D eigenvalue weighted by molar-refractivity contribution is 0.618. The Kier molecular flexibility index (Phi) is 6.05. The van der Waals surface area contributed by atoms with Crippen LogP contribution in [0.2, 0.25) is 0 Å². The first-order chi connectivity index (χ1) is 9.54. The van der Waals surface area contributed by atoms with Gasteiger partial charge in [-0.1, -0.05) is 44.4 Å². The Hall–Kier alpha value is -2.02. The van der Waals surface area contributed by atoms with E-state index in [1.807, 2.05) is 38.3 Å². The number of allylic oxidation sites excluding steroid dienone is 4. The molecule has 0 saturated carbocycles. The minimum atomic E-state index is 0.982. The van der Waals surface area contributed by atoms with Crippen LogP contribution in [0.1, 0.15) is 30.5 Å². The van der Waals surface area contributed by atoms with Gasteiger partial charge in [0, 0.05) is 18.4 Å². The lowest BCUT2D eigenvalue weighted by Crippen LogP contribution is -2.14. The number of hydrogen-bond acceptors (Lipinski definition) is 1. The monoisotopic (exact) mass is 267 g/mol. The maximum absolute atomic E-state index is 4.22. The molecule has 0 radical (unpaired) electrons. The van der Waals surface area contributed by atoms with E-state index in [0.717, 1.165) is 23.4 Å². The second kappa shape index (κ2) is 7.54. The zero-order valence-electron chi connectivity index (χ0n) is 13.1. The summed E-state index contributed by atoms with van der Waals surface area (Å²) in [5.41, 5.74) is 5.87. The molecule has 0 N–H and O–H groups in total. The van der Waals surface area contributed by atoms with Gasteiger partial charge in [0.2, 0.25) is 0 Å². The van der Waals surface area contributed by atoms with Crippen LogP contribution in [0.3, 0.4) is 0 Å². The molecule has 20 heavy (non-hydrogen) atoms. The summed E-state index contributed by atoms with van der Waals surface area (Å²) in [5.74, 6) is 0. The van der Waals surface area contributed by atoms with Gasteiger partial charge in [-0.25, -0.2) is 0 Å². The van der Waals surface area contributed by atoms with E-state index in [9.17, 15) is 0 Å². The topological polar surface area (TPSA) is 3.24 Å². The summed E-state index contributed by atoms with van der Waals surface area (Å²) in [4.78, 5) is 2.07. The van der Waals surface area contributed by atoms with E-state index in [0.29, 0.717) is 0 Å².